The largest absolute Gasteiger partial charge is 0.336 e. The summed E-state index contributed by atoms with van der Waals surface area (Å²) in [5.74, 6) is 0.0611. The van der Waals surface area contributed by atoms with Crippen LogP contribution in [0.15, 0.2) is 48.8 Å². The Morgan fingerprint density at radius 1 is 1.08 bits per heavy atom. The van der Waals surface area contributed by atoms with Crippen molar-refractivity contribution in [1.82, 2.24) is 24.6 Å². The maximum absolute atomic E-state index is 12.8. The van der Waals surface area contributed by atoms with Gasteiger partial charge in [-0.05, 0) is 18.2 Å². The van der Waals surface area contributed by atoms with E-state index < -0.39 is 0 Å². The minimum Gasteiger partial charge on any atom is -0.336 e. The van der Waals surface area contributed by atoms with Gasteiger partial charge in [-0.3, -0.25) is 4.79 Å². The van der Waals surface area contributed by atoms with Crippen LogP contribution in [0.5, 0.6) is 0 Å². The van der Waals surface area contributed by atoms with Crippen molar-refractivity contribution in [2.45, 2.75) is 13.5 Å². The second-order valence-electron chi connectivity index (χ2n) is 6.65. The van der Waals surface area contributed by atoms with Gasteiger partial charge in [0.05, 0.1) is 18.3 Å². The highest BCUT2D eigenvalue weighted by Crippen LogP contribution is 2.16. The average molecular weight is 349 g/mol. The van der Waals surface area contributed by atoms with Crippen LogP contribution >= 0.6 is 0 Å². The Kier molecular flexibility index (Phi) is 4.67. The van der Waals surface area contributed by atoms with Crippen LogP contribution in [0, 0.1) is 0 Å². The predicted octanol–water partition coefficient (Wildman–Crippen LogP) is 2.26. The lowest BCUT2D eigenvalue weighted by Gasteiger charge is -2.34. The average Bonchev–Trinajstić information content (AvgIpc) is 3.10. The summed E-state index contributed by atoms with van der Waals surface area (Å²) in [7, 11) is 0. The first-order chi connectivity index (χ1) is 12.7. The van der Waals surface area contributed by atoms with Crippen molar-refractivity contribution < 1.29 is 4.79 Å². The van der Waals surface area contributed by atoms with Crippen molar-refractivity contribution in [2.75, 3.05) is 32.7 Å². The minimum absolute atomic E-state index is 0.0611. The van der Waals surface area contributed by atoms with E-state index in [9.17, 15) is 4.79 Å². The number of benzene rings is 1. The zero-order valence-corrected chi connectivity index (χ0v) is 15.0. The normalized spacial score (nSPS) is 15.5. The molecule has 0 N–H and O–H groups in total. The van der Waals surface area contributed by atoms with Gasteiger partial charge in [0.15, 0.2) is 5.65 Å². The molecule has 4 rings (SSSR count). The second-order valence-corrected chi connectivity index (χ2v) is 6.65. The molecule has 0 saturated carbocycles. The predicted molar refractivity (Wildman–Crippen MR) is 101 cm³/mol. The van der Waals surface area contributed by atoms with Gasteiger partial charge in [-0.25, -0.2) is 9.67 Å². The van der Waals surface area contributed by atoms with E-state index in [2.05, 4.69) is 34.0 Å². The molecule has 3 aromatic rings. The highest BCUT2D eigenvalue weighted by Gasteiger charge is 2.22. The molecule has 6 heteroatoms. The number of hydrogen-bond donors (Lipinski definition) is 0. The highest BCUT2D eigenvalue weighted by molar-refractivity contribution is 5.96. The molecule has 26 heavy (non-hydrogen) atoms. The van der Waals surface area contributed by atoms with Gasteiger partial charge in [-0.1, -0.05) is 37.3 Å². The Balaban J connectivity index is 1.52. The van der Waals surface area contributed by atoms with Crippen LogP contribution < -0.4 is 0 Å². The smallest absolute Gasteiger partial charge is 0.255 e. The number of carbonyl (C=O) groups excluding carboxylic acids is 1. The fourth-order valence-corrected chi connectivity index (χ4v) is 3.41. The Labute approximate surface area is 153 Å². The quantitative estimate of drug-likeness (QED) is 0.725. The van der Waals surface area contributed by atoms with Gasteiger partial charge in [0.1, 0.15) is 0 Å². The molecule has 0 radical (unpaired) electrons. The van der Waals surface area contributed by atoms with Crippen LogP contribution in [-0.4, -0.2) is 63.2 Å². The molecule has 6 nitrogen and oxygen atoms in total. The fraction of sp³-hybridized carbons (Fsp3) is 0.350. The Morgan fingerprint density at radius 2 is 1.85 bits per heavy atom. The summed E-state index contributed by atoms with van der Waals surface area (Å²) >= 11 is 0. The molecule has 0 aliphatic carbocycles. The fourth-order valence-electron chi connectivity index (χ4n) is 3.41. The first-order valence-electron chi connectivity index (χ1n) is 9.11. The summed E-state index contributed by atoms with van der Waals surface area (Å²) in [4.78, 5) is 21.6. The Bertz CT molecular complexity index is 897. The monoisotopic (exact) mass is 349 g/mol. The van der Waals surface area contributed by atoms with Crippen molar-refractivity contribution in [1.29, 1.82) is 0 Å². The minimum atomic E-state index is 0.0611. The van der Waals surface area contributed by atoms with Gasteiger partial charge in [0, 0.05) is 37.8 Å². The van der Waals surface area contributed by atoms with Gasteiger partial charge >= 0.3 is 0 Å². The van der Waals surface area contributed by atoms with E-state index in [0.717, 1.165) is 43.8 Å². The van der Waals surface area contributed by atoms with E-state index in [0.29, 0.717) is 12.1 Å². The zero-order chi connectivity index (χ0) is 17.9. The molecule has 1 aliphatic rings. The third-order valence-electron chi connectivity index (χ3n) is 5.00. The number of likely N-dealkylation sites (N-methyl/N-ethyl adjacent to an activating group) is 1. The molecule has 0 atom stereocenters. The molecular weight excluding hydrogens is 326 g/mol. The van der Waals surface area contributed by atoms with Crippen LogP contribution in [0.4, 0.5) is 0 Å². The molecular formula is C20H23N5O. The number of nitrogens with zero attached hydrogens (tertiary/aromatic N) is 5. The van der Waals surface area contributed by atoms with Crippen LogP contribution in [0.2, 0.25) is 0 Å². The summed E-state index contributed by atoms with van der Waals surface area (Å²) in [6, 6.07) is 12.1. The van der Waals surface area contributed by atoms with Crippen LogP contribution in [0.25, 0.3) is 11.0 Å². The van der Waals surface area contributed by atoms with E-state index in [1.54, 1.807) is 12.4 Å². The van der Waals surface area contributed by atoms with Crippen molar-refractivity contribution in [2.24, 2.45) is 0 Å². The molecule has 0 bridgehead atoms. The summed E-state index contributed by atoms with van der Waals surface area (Å²) in [5.41, 5.74) is 2.62. The van der Waals surface area contributed by atoms with Gasteiger partial charge in [-0.2, -0.15) is 5.10 Å². The number of hydrogen-bond acceptors (Lipinski definition) is 4. The van der Waals surface area contributed by atoms with Crippen LogP contribution in [0.3, 0.4) is 0 Å². The standard InChI is InChI=1S/C20H23N5O/c1-2-23-8-10-24(11-9-23)20(26)18-12-17-14-22-25(19(17)21-13-18)15-16-6-4-3-5-7-16/h3-7,12-14H,2,8-11,15H2,1H3. The van der Waals surface area contributed by atoms with Crippen LogP contribution in [0.1, 0.15) is 22.8 Å². The first kappa shape index (κ1) is 16.7. The van der Waals surface area contributed by atoms with Crippen molar-refractivity contribution >= 4 is 16.9 Å². The molecule has 1 aromatic carbocycles. The zero-order valence-electron chi connectivity index (χ0n) is 15.0. The third kappa shape index (κ3) is 3.32. The SMILES string of the molecule is CCN1CCN(C(=O)c2cnc3c(cnn3Cc3ccccc3)c2)CC1. The number of fused-ring (bicyclic) bond motifs is 1. The second kappa shape index (κ2) is 7.25. The Morgan fingerprint density at radius 3 is 2.58 bits per heavy atom. The summed E-state index contributed by atoms with van der Waals surface area (Å²) < 4.78 is 1.87. The maximum atomic E-state index is 12.8. The van der Waals surface area contributed by atoms with Crippen LogP contribution in [-0.2, 0) is 6.54 Å². The number of carbonyl (C=O) groups is 1. The lowest BCUT2D eigenvalue weighted by atomic mass is 10.2. The molecule has 1 aliphatic heterocycles. The van der Waals surface area contributed by atoms with Crippen molar-refractivity contribution in [3.63, 3.8) is 0 Å². The molecule has 1 fully saturated rings. The highest BCUT2D eigenvalue weighted by atomic mass is 16.2. The lowest BCUT2D eigenvalue weighted by molar-refractivity contribution is 0.0643. The third-order valence-corrected chi connectivity index (χ3v) is 5.00. The van der Waals surface area contributed by atoms with E-state index in [1.807, 2.05) is 33.8 Å². The summed E-state index contributed by atoms with van der Waals surface area (Å²) in [6.07, 6.45) is 3.47. The van der Waals surface area contributed by atoms with E-state index in [1.165, 1.54) is 5.56 Å². The van der Waals surface area contributed by atoms with Gasteiger partial charge in [-0.15, -0.1) is 0 Å². The first-order valence-corrected chi connectivity index (χ1v) is 9.11. The molecule has 134 valence electrons. The number of aromatic nitrogens is 3. The van der Waals surface area contributed by atoms with Crippen molar-refractivity contribution in [3.8, 4) is 0 Å². The molecule has 1 amide bonds. The Hall–Kier alpha value is -2.73. The maximum Gasteiger partial charge on any atom is 0.255 e. The van der Waals surface area contributed by atoms with E-state index in [4.69, 9.17) is 0 Å². The van der Waals surface area contributed by atoms with E-state index >= 15 is 0 Å². The molecule has 0 spiro atoms. The number of pyridine rings is 1. The lowest BCUT2D eigenvalue weighted by Crippen LogP contribution is -2.48. The topological polar surface area (TPSA) is 54.3 Å². The molecule has 2 aromatic heterocycles. The van der Waals surface area contributed by atoms with Gasteiger partial charge in [0.2, 0.25) is 0 Å². The molecule has 1 saturated heterocycles. The van der Waals surface area contributed by atoms with Gasteiger partial charge < -0.3 is 9.80 Å². The van der Waals surface area contributed by atoms with Gasteiger partial charge in [0.25, 0.3) is 5.91 Å². The molecule has 0 unspecified atom stereocenters. The molecule has 3 heterocycles. The number of rotatable bonds is 4. The van der Waals surface area contributed by atoms with E-state index in [-0.39, 0.29) is 5.91 Å². The van der Waals surface area contributed by atoms with Crippen molar-refractivity contribution in [3.05, 3.63) is 59.9 Å². The number of amides is 1. The summed E-state index contributed by atoms with van der Waals surface area (Å²) in [6.45, 7) is 7.29. The summed E-state index contributed by atoms with van der Waals surface area (Å²) in [5, 5.41) is 5.35. The number of piperazine rings is 1.